The molecule has 1 amide bonds. The van der Waals surface area contributed by atoms with Crippen LogP contribution < -0.4 is 19.5 Å². The maximum absolute atomic E-state index is 12.7. The number of hydrogen-bond donors (Lipinski definition) is 1. The average molecular weight is 396 g/mol. The average Bonchev–Trinajstić information content (AvgIpc) is 3.26. The van der Waals surface area contributed by atoms with Crippen LogP contribution in [0.15, 0.2) is 53.4 Å². The maximum Gasteiger partial charge on any atom is 0.251 e. The summed E-state index contributed by atoms with van der Waals surface area (Å²) in [5.74, 6) is 1.91. The number of fused-ring (bicyclic) bond motifs is 1. The molecule has 6 nitrogen and oxygen atoms in total. The Hall–Kier alpha value is -3.06. The fraction of sp³-hybridized carbons (Fsp3) is 0.238. The van der Waals surface area contributed by atoms with Crippen molar-refractivity contribution < 1.29 is 19.0 Å². The molecule has 0 bridgehead atoms. The quantitative estimate of drug-likeness (QED) is 0.682. The highest BCUT2D eigenvalue weighted by Gasteiger charge is 2.16. The maximum atomic E-state index is 12.7. The molecule has 0 spiro atoms. The van der Waals surface area contributed by atoms with Crippen LogP contribution in [0.2, 0.25) is 0 Å². The van der Waals surface area contributed by atoms with Crippen molar-refractivity contribution in [2.45, 2.75) is 19.6 Å². The second-order valence-corrected chi connectivity index (χ2v) is 7.11. The molecule has 3 aromatic rings. The molecule has 0 saturated heterocycles. The molecule has 1 aromatic heterocycles. The van der Waals surface area contributed by atoms with Crippen LogP contribution in [0, 0.1) is 0 Å². The van der Waals surface area contributed by atoms with Crippen LogP contribution in [-0.4, -0.2) is 24.1 Å². The summed E-state index contributed by atoms with van der Waals surface area (Å²) in [6, 6.07) is 12.7. The molecule has 2 heterocycles. The lowest BCUT2D eigenvalue weighted by Gasteiger charge is -2.21. The molecular formula is C21H20N2O4S. The van der Waals surface area contributed by atoms with Crippen molar-refractivity contribution >= 4 is 17.2 Å². The molecule has 0 radical (unpaired) electrons. The molecule has 7 heteroatoms. The van der Waals surface area contributed by atoms with Gasteiger partial charge in [0.2, 0.25) is 0 Å². The summed E-state index contributed by atoms with van der Waals surface area (Å²) in [5, 5.41) is 4.95. The molecule has 1 aliphatic heterocycles. The number of carbonyl (C=O) groups is 1. The summed E-state index contributed by atoms with van der Waals surface area (Å²) < 4.78 is 16.9. The highest BCUT2D eigenvalue weighted by molar-refractivity contribution is 7.07. The topological polar surface area (TPSA) is 69.7 Å². The molecule has 1 N–H and O–H groups in total. The molecule has 0 aliphatic carbocycles. The number of aromatic nitrogens is 1. The summed E-state index contributed by atoms with van der Waals surface area (Å²) >= 11 is 1.52. The van der Waals surface area contributed by atoms with Gasteiger partial charge in [-0.15, -0.1) is 11.3 Å². The van der Waals surface area contributed by atoms with Gasteiger partial charge >= 0.3 is 0 Å². The van der Waals surface area contributed by atoms with E-state index in [0.717, 1.165) is 17.0 Å². The molecule has 144 valence electrons. The smallest absolute Gasteiger partial charge is 0.251 e. The Kier molecular flexibility index (Phi) is 5.43. The van der Waals surface area contributed by atoms with Crippen molar-refractivity contribution in [3.8, 4) is 17.2 Å². The van der Waals surface area contributed by atoms with Crippen LogP contribution in [-0.2, 0) is 6.61 Å². The molecule has 28 heavy (non-hydrogen) atoms. The SMILES string of the molecule is CC(NC(=O)c1cccc(OCc2cscn2)c1)c1ccc2c(c1)OCCO2. The fourth-order valence-corrected chi connectivity index (χ4v) is 3.43. The first-order valence-corrected chi connectivity index (χ1v) is 9.93. The highest BCUT2D eigenvalue weighted by atomic mass is 32.1. The minimum Gasteiger partial charge on any atom is -0.487 e. The zero-order valence-electron chi connectivity index (χ0n) is 15.4. The van der Waals surface area contributed by atoms with Crippen molar-refractivity contribution in [1.82, 2.24) is 10.3 Å². The standard InChI is InChI=1S/C21H20N2O4S/c1-14(15-5-6-19-20(10-15)26-8-7-25-19)23-21(24)16-3-2-4-18(9-16)27-11-17-12-28-13-22-17/h2-6,9-10,12-14H,7-8,11H2,1H3,(H,23,24). The first kappa shape index (κ1) is 18.3. The van der Waals surface area contributed by atoms with E-state index < -0.39 is 0 Å². The Labute approximate surface area is 167 Å². The molecular weight excluding hydrogens is 376 g/mol. The van der Waals surface area contributed by atoms with Crippen LogP contribution in [0.25, 0.3) is 0 Å². The first-order valence-electron chi connectivity index (χ1n) is 8.99. The summed E-state index contributed by atoms with van der Waals surface area (Å²) in [6.07, 6.45) is 0. The molecule has 4 rings (SSSR count). The summed E-state index contributed by atoms with van der Waals surface area (Å²) in [5.41, 5.74) is 4.13. The Morgan fingerprint density at radius 3 is 2.89 bits per heavy atom. The molecule has 1 aliphatic rings. The van der Waals surface area contributed by atoms with Gasteiger partial charge in [0.25, 0.3) is 5.91 Å². The van der Waals surface area contributed by atoms with E-state index in [9.17, 15) is 4.79 Å². The second kappa shape index (κ2) is 8.31. The van der Waals surface area contributed by atoms with Crippen molar-refractivity contribution in [2.24, 2.45) is 0 Å². The van der Waals surface area contributed by atoms with Crippen molar-refractivity contribution in [1.29, 1.82) is 0 Å². The molecule has 1 atom stereocenters. The van der Waals surface area contributed by atoms with E-state index in [2.05, 4.69) is 10.3 Å². The zero-order chi connectivity index (χ0) is 19.3. The molecule has 2 aromatic carbocycles. The van der Waals surface area contributed by atoms with Gasteiger partial charge in [-0.05, 0) is 42.8 Å². The van der Waals surface area contributed by atoms with Gasteiger partial charge in [0.15, 0.2) is 11.5 Å². The third-order valence-corrected chi connectivity index (χ3v) is 5.02. The Bertz CT molecular complexity index is 959. The van der Waals surface area contributed by atoms with Crippen LogP contribution in [0.3, 0.4) is 0 Å². The van der Waals surface area contributed by atoms with Gasteiger partial charge in [-0.25, -0.2) is 4.98 Å². The highest BCUT2D eigenvalue weighted by Crippen LogP contribution is 2.32. The van der Waals surface area contributed by atoms with E-state index in [4.69, 9.17) is 14.2 Å². The van der Waals surface area contributed by atoms with Gasteiger partial charge in [-0.2, -0.15) is 0 Å². The van der Waals surface area contributed by atoms with Crippen LogP contribution in [0.4, 0.5) is 0 Å². The fourth-order valence-electron chi connectivity index (χ4n) is 2.89. The molecule has 0 fully saturated rings. The zero-order valence-corrected chi connectivity index (χ0v) is 16.2. The number of nitrogens with one attached hydrogen (secondary N) is 1. The van der Waals surface area contributed by atoms with Crippen molar-refractivity contribution in [2.75, 3.05) is 13.2 Å². The minimum absolute atomic E-state index is 0.165. The Morgan fingerprint density at radius 2 is 2.07 bits per heavy atom. The number of nitrogens with zero attached hydrogens (tertiary/aromatic N) is 1. The van der Waals surface area contributed by atoms with Crippen LogP contribution in [0.1, 0.15) is 34.6 Å². The largest absolute Gasteiger partial charge is 0.487 e. The van der Waals surface area contributed by atoms with Crippen molar-refractivity contribution in [3.05, 3.63) is 70.2 Å². The van der Waals surface area contributed by atoms with Crippen LogP contribution >= 0.6 is 11.3 Å². The van der Waals surface area contributed by atoms with E-state index in [1.54, 1.807) is 23.7 Å². The van der Waals surface area contributed by atoms with Gasteiger partial charge in [-0.3, -0.25) is 4.79 Å². The van der Waals surface area contributed by atoms with Gasteiger partial charge in [0, 0.05) is 10.9 Å². The Morgan fingerprint density at radius 1 is 1.21 bits per heavy atom. The van der Waals surface area contributed by atoms with Gasteiger partial charge in [-0.1, -0.05) is 12.1 Å². The predicted octanol–water partition coefficient (Wildman–Crippen LogP) is 3.98. The lowest BCUT2D eigenvalue weighted by Crippen LogP contribution is -2.26. The number of carbonyl (C=O) groups excluding carboxylic acids is 1. The number of benzene rings is 2. The van der Waals surface area contributed by atoms with E-state index >= 15 is 0 Å². The number of ether oxygens (including phenoxy) is 3. The number of thiazole rings is 1. The second-order valence-electron chi connectivity index (χ2n) is 6.39. The number of hydrogen-bond acceptors (Lipinski definition) is 6. The first-order chi connectivity index (χ1) is 13.7. The lowest BCUT2D eigenvalue weighted by molar-refractivity contribution is 0.0939. The van der Waals surface area contributed by atoms with E-state index in [1.807, 2.05) is 36.6 Å². The van der Waals surface area contributed by atoms with Gasteiger partial charge in [0.1, 0.15) is 25.6 Å². The van der Waals surface area contributed by atoms with Gasteiger partial charge in [0.05, 0.1) is 17.2 Å². The summed E-state index contributed by atoms with van der Waals surface area (Å²) in [4.78, 5) is 16.9. The minimum atomic E-state index is -0.178. The summed E-state index contributed by atoms with van der Waals surface area (Å²) in [7, 11) is 0. The van der Waals surface area contributed by atoms with Crippen molar-refractivity contribution in [3.63, 3.8) is 0 Å². The van der Waals surface area contributed by atoms with E-state index in [1.165, 1.54) is 11.3 Å². The lowest BCUT2D eigenvalue weighted by atomic mass is 10.1. The number of amides is 1. The van der Waals surface area contributed by atoms with Gasteiger partial charge < -0.3 is 19.5 Å². The number of rotatable bonds is 6. The molecule has 0 saturated carbocycles. The van der Waals surface area contributed by atoms with E-state index in [-0.39, 0.29) is 11.9 Å². The normalized spacial score (nSPS) is 13.6. The van der Waals surface area contributed by atoms with E-state index in [0.29, 0.717) is 36.9 Å². The Balaban J connectivity index is 1.41. The monoisotopic (exact) mass is 396 g/mol. The third kappa shape index (κ3) is 4.26. The van der Waals surface area contributed by atoms with Crippen LogP contribution in [0.5, 0.6) is 17.2 Å². The molecule has 1 unspecified atom stereocenters. The predicted molar refractivity (Wildman–Crippen MR) is 106 cm³/mol. The third-order valence-electron chi connectivity index (χ3n) is 4.38. The summed E-state index contributed by atoms with van der Waals surface area (Å²) in [6.45, 7) is 3.40.